The van der Waals surface area contributed by atoms with Crippen molar-refractivity contribution in [2.75, 3.05) is 26.0 Å². The molecule has 1 aliphatic carbocycles. The maximum absolute atomic E-state index is 13.5. The second-order valence-electron chi connectivity index (χ2n) is 10.8. The summed E-state index contributed by atoms with van der Waals surface area (Å²) in [4.78, 5) is 11.3. The number of likely N-dealkylation sites (N-methyl/N-ethyl adjacent to an activating group) is 1. The lowest BCUT2D eigenvalue weighted by Crippen LogP contribution is -2.35. The number of aromatic nitrogens is 4. The maximum Gasteiger partial charge on any atom is 0.142 e. The summed E-state index contributed by atoms with van der Waals surface area (Å²) in [5.41, 5.74) is 6.14. The largest absolute Gasteiger partial charge is 0.487 e. The van der Waals surface area contributed by atoms with Crippen LogP contribution in [-0.4, -0.2) is 44.9 Å². The average molecular weight is 586 g/mol. The van der Waals surface area contributed by atoms with Crippen LogP contribution in [0.25, 0.3) is 26.4 Å². The van der Waals surface area contributed by atoms with Gasteiger partial charge in [0.2, 0.25) is 0 Å². The summed E-state index contributed by atoms with van der Waals surface area (Å²) in [7, 11) is 4.36. The van der Waals surface area contributed by atoms with E-state index < -0.39 is 0 Å². The molecule has 0 radical (unpaired) electrons. The molecule has 0 atom stereocenters. The first kappa shape index (κ1) is 25.9. The lowest BCUT2D eigenvalue weighted by atomic mass is 9.95. The highest BCUT2D eigenvalue weighted by Gasteiger charge is 2.27. The summed E-state index contributed by atoms with van der Waals surface area (Å²) >= 11 is 8.23. The van der Waals surface area contributed by atoms with Crippen molar-refractivity contribution in [2.45, 2.75) is 19.4 Å². The Kier molecular flexibility index (Phi) is 6.37. The lowest BCUT2D eigenvalue weighted by molar-refractivity contribution is -0.833. The zero-order valence-electron chi connectivity index (χ0n) is 22.6. The summed E-state index contributed by atoms with van der Waals surface area (Å²) in [5.74, 6) is 0.971. The van der Waals surface area contributed by atoms with Crippen molar-refractivity contribution in [1.29, 1.82) is 0 Å². The molecule has 0 spiro atoms. The highest BCUT2D eigenvalue weighted by molar-refractivity contribution is 7.22. The molecular formula is C31H27ClFN6OS+. The molecule has 10 heteroatoms. The van der Waals surface area contributed by atoms with Crippen molar-refractivity contribution in [1.82, 2.24) is 19.7 Å². The van der Waals surface area contributed by atoms with E-state index >= 15 is 0 Å². The zero-order chi connectivity index (χ0) is 28.1. The van der Waals surface area contributed by atoms with E-state index in [0.29, 0.717) is 10.8 Å². The summed E-state index contributed by atoms with van der Waals surface area (Å²) in [6.45, 7) is 1.15. The molecule has 0 bridgehead atoms. The fraction of sp³-hybridized carbons (Fsp3) is 0.194. The summed E-state index contributed by atoms with van der Waals surface area (Å²) in [6, 6.07) is 11.8. The van der Waals surface area contributed by atoms with Crippen molar-refractivity contribution >= 4 is 50.4 Å². The minimum atomic E-state index is -0.295. The van der Waals surface area contributed by atoms with Gasteiger partial charge in [0.1, 0.15) is 41.7 Å². The number of thiophene rings is 1. The minimum Gasteiger partial charge on any atom is -0.487 e. The van der Waals surface area contributed by atoms with Crippen LogP contribution >= 0.6 is 22.9 Å². The molecule has 2 aliphatic rings. The van der Waals surface area contributed by atoms with E-state index in [2.05, 4.69) is 53.9 Å². The van der Waals surface area contributed by atoms with Gasteiger partial charge in [0.15, 0.2) is 0 Å². The molecule has 7 rings (SSSR count). The molecule has 1 aliphatic heterocycles. The number of allylic oxidation sites excluding steroid dienone is 2. The monoisotopic (exact) mass is 585 g/mol. The smallest absolute Gasteiger partial charge is 0.142 e. The Labute approximate surface area is 245 Å². The van der Waals surface area contributed by atoms with Crippen LogP contribution in [0.5, 0.6) is 5.75 Å². The highest BCUT2D eigenvalue weighted by atomic mass is 35.5. The van der Waals surface area contributed by atoms with Crippen LogP contribution in [0.2, 0.25) is 5.02 Å². The number of nitrogens with zero attached hydrogens (tertiary/aromatic N) is 5. The number of ether oxygens (including phenoxy) is 1. The second-order valence-corrected chi connectivity index (χ2v) is 12.2. The Morgan fingerprint density at radius 1 is 1.15 bits per heavy atom. The van der Waals surface area contributed by atoms with Crippen molar-refractivity contribution < 1.29 is 13.6 Å². The minimum absolute atomic E-state index is 0.223. The first-order valence-electron chi connectivity index (χ1n) is 13.3. The predicted molar refractivity (Wildman–Crippen MR) is 162 cm³/mol. The quantitative estimate of drug-likeness (QED) is 0.213. The van der Waals surface area contributed by atoms with Crippen LogP contribution in [0.4, 0.5) is 15.9 Å². The van der Waals surface area contributed by atoms with Crippen LogP contribution in [0.15, 0.2) is 73.3 Å². The van der Waals surface area contributed by atoms with Gasteiger partial charge in [-0.2, -0.15) is 5.10 Å². The maximum atomic E-state index is 13.5. The number of benzene rings is 2. The fourth-order valence-electron chi connectivity index (χ4n) is 5.23. The van der Waals surface area contributed by atoms with E-state index in [-0.39, 0.29) is 12.4 Å². The number of fused-ring (bicyclic) bond motifs is 5. The molecule has 2 aromatic carbocycles. The van der Waals surface area contributed by atoms with Gasteiger partial charge in [-0.05, 0) is 60.4 Å². The molecule has 3 aromatic heterocycles. The van der Waals surface area contributed by atoms with Crippen LogP contribution in [-0.2, 0) is 19.4 Å². The number of aryl methyl sites for hydroxylation is 2. The number of quaternary nitrogens is 1. The SMILES string of the molecule is C[N+]1(C)C=CC(n2cc3c(n2)CCc2c-3sc3ncnc(Nc4ccc(OCc5cccc(F)c5)c(Cl)c4)c23)=CC1. The number of hydrogen-bond acceptors (Lipinski definition) is 6. The molecule has 0 amide bonds. The third-order valence-electron chi connectivity index (χ3n) is 7.40. The number of hydrogen-bond donors (Lipinski definition) is 1. The third-order valence-corrected chi connectivity index (χ3v) is 8.87. The van der Waals surface area contributed by atoms with E-state index in [1.54, 1.807) is 29.8 Å². The molecule has 0 unspecified atom stereocenters. The topological polar surface area (TPSA) is 64.9 Å². The number of anilines is 2. The average Bonchev–Trinajstić information content (AvgIpc) is 3.55. The second kappa shape index (κ2) is 10.1. The molecule has 0 fully saturated rings. The molecule has 0 saturated heterocycles. The Morgan fingerprint density at radius 3 is 2.85 bits per heavy atom. The Morgan fingerprint density at radius 2 is 2.05 bits per heavy atom. The molecule has 41 heavy (non-hydrogen) atoms. The van der Waals surface area contributed by atoms with Gasteiger partial charge in [-0.3, -0.25) is 4.48 Å². The van der Waals surface area contributed by atoms with E-state index in [0.717, 1.165) is 68.1 Å². The first-order valence-corrected chi connectivity index (χ1v) is 14.5. The molecule has 5 aromatic rings. The van der Waals surface area contributed by atoms with E-state index in [1.807, 2.05) is 22.9 Å². The van der Waals surface area contributed by atoms with Gasteiger partial charge in [-0.25, -0.2) is 19.0 Å². The van der Waals surface area contributed by atoms with Crippen molar-refractivity contribution in [3.8, 4) is 16.2 Å². The van der Waals surface area contributed by atoms with Gasteiger partial charge in [-0.15, -0.1) is 11.3 Å². The van der Waals surface area contributed by atoms with Crippen molar-refractivity contribution in [3.05, 3.63) is 101 Å². The van der Waals surface area contributed by atoms with Crippen LogP contribution < -0.4 is 10.1 Å². The Bertz CT molecular complexity index is 1870. The number of rotatable bonds is 6. The Hall–Kier alpha value is -4.05. The molecule has 7 nitrogen and oxygen atoms in total. The molecular weight excluding hydrogens is 559 g/mol. The van der Waals surface area contributed by atoms with E-state index in [1.165, 1.54) is 22.6 Å². The Balaban J connectivity index is 1.15. The number of nitrogens with one attached hydrogen (secondary N) is 1. The van der Waals surface area contributed by atoms with Gasteiger partial charge in [0, 0.05) is 28.4 Å². The van der Waals surface area contributed by atoms with Crippen molar-refractivity contribution in [2.24, 2.45) is 0 Å². The summed E-state index contributed by atoms with van der Waals surface area (Å²) in [6.07, 6.45) is 12.0. The normalized spacial score (nSPS) is 15.4. The summed E-state index contributed by atoms with van der Waals surface area (Å²) < 4.78 is 22.2. The van der Waals surface area contributed by atoms with Gasteiger partial charge in [-0.1, -0.05) is 23.7 Å². The van der Waals surface area contributed by atoms with Gasteiger partial charge in [0.05, 0.1) is 42.1 Å². The van der Waals surface area contributed by atoms with Gasteiger partial charge < -0.3 is 10.1 Å². The predicted octanol–water partition coefficient (Wildman–Crippen LogP) is 7.21. The zero-order valence-corrected chi connectivity index (χ0v) is 24.1. The standard InChI is InChI=1S/C31H27ClFN6OS/c1-39(2)12-10-22(11-13-39)38-16-24-26(37-38)8-7-23-28-30(34-18-35-31(28)41-29(23)24)36-21-6-9-27(25(32)15-21)40-17-19-4-3-5-20(33)14-19/h3-6,9-12,14-16,18H,7-8,13,17H2,1-2H3,(H,34,35,36)/q+1. The first-order chi connectivity index (χ1) is 19.8. The molecule has 1 N–H and O–H groups in total. The lowest BCUT2D eigenvalue weighted by Gasteiger charge is -2.26. The number of halogens is 2. The van der Waals surface area contributed by atoms with Crippen LogP contribution in [0.1, 0.15) is 16.8 Å². The van der Waals surface area contributed by atoms with Crippen LogP contribution in [0, 0.1) is 5.82 Å². The fourth-order valence-corrected chi connectivity index (χ4v) is 6.69. The van der Waals surface area contributed by atoms with E-state index in [4.69, 9.17) is 21.4 Å². The third kappa shape index (κ3) is 5.01. The molecule has 4 heterocycles. The van der Waals surface area contributed by atoms with E-state index in [9.17, 15) is 4.39 Å². The molecule has 206 valence electrons. The van der Waals surface area contributed by atoms with Gasteiger partial charge >= 0.3 is 0 Å². The van der Waals surface area contributed by atoms with Gasteiger partial charge in [0.25, 0.3) is 0 Å². The molecule has 0 saturated carbocycles. The van der Waals surface area contributed by atoms with Crippen molar-refractivity contribution in [3.63, 3.8) is 0 Å². The highest BCUT2D eigenvalue weighted by Crippen LogP contribution is 2.45. The summed E-state index contributed by atoms with van der Waals surface area (Å²) in [5, 5.41) is 9.87. The van der Waals surface area contributed by atoms with Crippen LogP contribution in [0.3, 0.4) is 0 Å².